The predicted octanol–water partition coefficient (Wildman–Crippen LogP) is 2.20. The first-order valence-corrected chi connectivity index (χ1v) is 4.35. The minimum absolute atomic E-state index is 0.0526. The summed E-state index contributed by atoms with van der Waals surface area (Å²) in [6.45, 7) is 1.67. The average Bonchev–Trinajstić information content (AvgIpc) is 2.59. The highest BCUT2D eigenvalue weighted by Gasteiger charge is 2.17. The van der Waals surface area contributed by atoms with E-state index in [-0.39, 0.29) is 5.69 Å². The van der Waals surface area contributed by atoms with E-state index in [0.29, 0.717) is 28.4 Å². The lowest BCUT2D eigenvalue weighted by Gasteiger charge is -1.97. The van der Waals surface area contributed by atoms with Crippen molar-refractivity contribution in [1.29, 1.82) is 0 Å². The number of rotatable bonds is 2. The third-order valence-electron chi connectivity index (χ3n) is 2.31. The van der Waals surface area contributed by atoms with Crippen LogP contribution in [0.1, 0.15) is 16.1 Å². The summed E-state index contributed by atoms with van der Waals surface area (Å²) in [6.07, 6.45) is 0.638. The predicted molar refractivity (Wildman–Crippen MR) is 55.1 cm³/mol. The number of aldehydes is 1. The van der Waals surface area contributed by atoms with Gasteiger partial charge < -0.3 is 4.98 Å². The zero-order valence-electron chi connectivity index (χ0n) is 7.98. The van der Waals surface area contributed by atoms with Crippen LogP contribution in [-0.2, 0) is 0 Å². The third-order valence-corrected chi connectivity index (χ3v) is 2.31. The Morgan fingerprint density at radius 1 is 1.47 bits per heavy atom. The maximum absolute atomic E-state index is 10.8. The molecule has 76 valence electrons. The molecule has 5 heteroatoms. The van der Waals surface area contributed by atoms with Gasteiger partial charge in [0.05, 0.1) is 21.5 Å². The van der Waals surface area contributed by atoms with Crippen molar-refractivity contribution in [3.05, 3.63) is 39.6 Å². The minimum Gasteiger partial charge on any atom is -0.352 e. The van der Waals surface area contributed by atoms with Crippen molar-refractivity contribution in [2.75, 3.05) is 0 Å². The number of nitro groups is 1. The van der Waals surface area contributed by atoms with Crippen molar-refractivity contribution in [2.45, 2.75) is 6.92 Å². The van der Waals surface area contributed by atoms with Crippen molar-refractivity contribution >= 4 is 22.9 Å². The Balaban J connectivity index is 2.85. The third kappa shape index (κ3) is 1.38. The molecule has 0 atom stereocenters. The summed E-state index contributed by atoms with van der Waals surface area (Å²) in [6, 6.07) is 4.88. The van der Waals surface area contributed by atoms with Gasteiger partial charge in [-0.05, 0) is 19.1 Å². The maximum Gasteiger partial charge on any atom is 0.281 e. The average molecular weight is 204 g/mol. The Kier molecular flexibility index (Phi) is 2.00. The van der Waals surface area contributed by atoms with Crippen molar-refractivity contribution in [2.24, 2.45) is 0 Å². The van der Waals surface area contributed by atoms with Crippen LogP contribution in [0.15, 0.2) is 18.2 Å². The smallest absolute Gasteiger partial charge is 0.281 e. The molecule has 1 N–H and O–H groups in total. The molecule has 0 saturated carbocycles. The molecule has 0 unspecified atom stereocenters. The molecule has 0 aliphatic rings. The van der Waals surface area contributed by atoms with E-state index in [1.54, 1.807) is 19.1 Å². The first-order chi connectivity index (χ1) is 7.13. The van der Waals surface area contributed by atoms with E-state index < -0.39 is 4.92 Å². The summed E-state index contributed by atoms with van der Waals surface area (Å²) in [5.74, 6) is 0. The number of hydrogen-bond acceptors (Lipinski definition) is 3. The fraction of sp³-hybridized carbons (Fsp3) is 0.100. The van der Waals surface area contributed by atoms with Crippen molar-refractivity contribution in [3.8, 4) is 0 Å². The van der Waals surface area contributed by atoms with Gasteiger partial charge in [0.15, 0.2) is 6.29 Å². The molecular formula is C10H8N2O3. The lowest BCUT2D eigenvalue weighted by Crippen LogP contribution is -1.91. The zero-order valence-corrected chi connectivity index (χ0v) is 7.98. The van der Waals surface area contributed by atoms with Crippen LogP contribution < -0.4 is 0 Å². The van der Waals surface area contributed by atoms with E-state index in [2.05, 4.69) is 4.98 Å². The molecule has 2 rings (SSSR count). The van der Waals surface area contributed by atoms with Crippen LogP contribution in [0.2, 0.25) is 0 Å². The van der Waals surface area contributed by atoms with Crippen LogP contribution in [-0.4, -0.2) is 16.2 Å². The molecule has 0 amide bonds. The Hall–Kier alpha value is -2.17. The highest BCUT2D eigenvalue weighted by molar-refractivity contribution is 5.94. The number of nitrogens with zero attached hydrogens (tertiary/aromatic N) is 1. The zero-order chi connectivity index (χ0) is 11.0. The molecule has 1 aromatic carbocycles. The summed E-state index contributed by atoms with van der Waals surface area (Å²) in [7, 11) is 0. The first kappa shape index (κ1) is 9.39. The van der Waals surface area contributed by atoms with E-state index in [4.69, 9.17) is 0 Å². The SMILES string of the molecule is Cc1ccc2[nH]c(C=O)cc2c1[N+](=O)[O-]. The molecule has 2 aromatic rings. The number of hydrogen-bond donors (Lipinski definition) is 1. The van der Waals surface area contributed by atoms with Crippen molar-refractivity contribution in [1.82, 2.24) is 4.98 Å². The van der Waals surface area contributed by atoms with Crippen LogP contribution in [0, 0.1) is 17.0 Å². The first-order valence-electron chi connectivity index (χ1n) is 4.35. The van der Waals surface area contributed by atoms with E-state index in [0.717, 1.165) is 0 Å². The largest absolute Gasteiger partial charge is 0.352 e. The normalized spacial score (nSPS) is 10.5. The van der Waals surface area contributed by atoms with Gasteiger partial charge in [-0.25, -0.2) is 0 Å². The quantitative estimate of drug-likeness (QED) is 0.462. The van der Waals surface area contributed by atoms with Crippen LogP contribution in [0.25, 0.3) is 10.9 Å². The second kappa shape index (κ2) is 3.20. The molecule has 1 heterocycles. The summed E-state index contributed by atoms with van der Waals surface area (Å²) in [5.41, 5.74) is 1.59. The molecule has 5 nitrogen and oxygen atoms in total. The van der Waals surface area contributed by atoms with Gasteiger partial charge in [-0.3, -0.25) is 14.9 Å². The molecule has 0 radical (unpaired) electrons. The Morgan fingerprint density at radius 2 is 2.20 bits per heavy atom. The van der Waals surface area contributed by atoms with Gasteiger partial charge in [-0.2, -0.15) is 0 Å². The second-order valence-corrected chi connectivity index (χ2v) is 3.29. The minimum atomic E-state index is -0.430. The fourth-order valence-corrected chi connectivity index (χ4v) is 1.63. The number of fused-ring (bicyclic) bond motifs is 1. The van der Waals surface area contributed by atoms with Gasteiger partial charge in [0, 0.05) is 5.56 Å². The molecule has 0 bridgehead atoms. The van der Waals surface area contributed by atoms with E-state index >= 15 is 0 Å². The van der Waals surface area contributed by atoms with Gasteiger partial charge in [0.1, 0.15) is 0 Å². The number of carbonyl (C=O) groups excluding carboxylic acids is 1. The lowest BCUT2D eigenvalue weighted by molar-refractivity contribution is -0.383. The number of aromatic nitrogens is 1. The molecular weight excluding hydrogens is 196 g/mol. The number of carbonyl (C=O) groups is 1. The lowest BCUT2D eigenvalue weighted by atomic mass is 10.1. The molecule has 0 saturated heterocycles. The van der Waals surface area contributed by atoms with Gasteiger partial charge >= 0.3 is 0 Å². The monoisotopic (exact) mass is 204 g/mol. The molecule has 0 spiro atoms. The maximum atomic E-state index is 10.8. The number of nitro benzene ring substituents is 1. The van der Waals surface area contributed by atoms with Gasteiger partial charge in [-0.1, -0.05) is 6.07 Å². The van der Waals surface area contributed by atoms with Gasteiger partial charge in [0.25, 0.3) is 5.69 Å². The molecule has 0 aliphatic carbocycles. The van der Waals surface area contributed by atoms with E-state index in [9.17, 15) is 14.9 Å². The number of nitrogens with one attached hydrogen (secondary N) is 1. The van der Waals surface area contributed by atoms with E-state index in [1.165, 1.54) is 6.07 Å². The van der Waals surface area contributed by atoms with Crippen LogP contribution in [0.4, 0.5) is 5.69 Å². The Labute approximate surface area is 84.9 Å². The van der Waals surface area contributed by atoms with Crippen molar-refractivity contribution in [3.63, 3.8) is 0 Å². The topological polar surface area (TPSA) is 76.0 Å². The van der Waals surface area contributed by atoms with Crippen LogP contribution in [0.3, 0.4) is 0 Å². The summed E-state index contributed by atoms with van der Waals surface area (Å²) in [4.78, 5) is 23.7. The van der Waals surface area contributed by atoms with Gasteiger partial charge in [0.2, 0.25) is 0 Å². The van der Waals surface area contributed by atoms with Gasteiger partial charge in [-0.15, -0.1) is 0 Å². The molecule has 0 fully saturated rings. The number of aryl methyl sites for hydroxylation is 1. The highest BCUT2D eigenvalue weighted by atomic mass is 16.6. The second-order valence-electron chi connectivity index (χ2n) is 3.29. The highest BCUT2D eigenvalue weighted by Crippen LogP contribution is 2.29. The van der Waals surface area contributed by atoms with Crippen LogP contribution >= 0.6 is 0 Å². The summed E-state index contributed by atoms with van der Waals surface area (Å²) < 4.78 is 0. The fourth-order valence-electron chi connectivity index (χ4n) is 1.63. The van der Waals surface area contributed by atoms with Crippen LogP contribution in [0.5, 0.6) is 0 Å². The molecule has 0 aliphatic heterocycles. The van der Waals surface area contributed by atoms with Crippen molar-refractivity contribution < 1.29 is 9.72 Å². The standard InChI is InChI=1S/C10H8N2O3/c1-6-2-3-9-8(10(6)12(14)15)4-7(5-13)11-9/h2-5,11H,1H3. The number of H-pyrrole nitrogens is 1. The molecule has 1 aromatic heterocycles. The van der Waals surface area contributed by atoms with E-state index in [1.807, 2.05) is 0 Å². The Bertz CT molecular complexity index is 557. The Morgan fingerprint density at radius 3 is 2.80 bits per heavy atom. The molecule has 15 heavy (non-hydrogen) atoms. The summed E-state index contributed by atoms with van der Waals surface area (Å²) >= 11 is 0. The number of aromatic amines is 1. The number of benzene rings is 1. The summed E-state index contributed by atoms with van der Waals surface area (Å²) in [5, 5.41) is 11.3.